The van der Waals surface area contributed by atoms with Crippen LogP contribution in [-0.4, -0.2) is 30.1 Å². The lowest BCUT2D eigenvalue weighted by Crippen LogP contribution is -2.40. The highest BCUT2D eigenvalue weighted by Crippen LogP contribution is 2.38. The summed E-state index contributed by atoms with van der Waals surface area (Å²) in [6.07, 6.45) is 6.14. The van der Waals surface area contributed by atoms with Crippen molar-refractivity contribution < 1.29 is 23.1 Å². The third kappa shape index (κ3) is 7.38. The van der Waals surface area contributed by atoms with E-state index in [1.165, 1.54) is 23.9 Å². The van der Waals surface area contributed by atoms with Crippen LogP contribution < -0.4 is 10.5 Å². The van der Waals surface area contributed by atoms with Gasteiger partial charge in [-0.15, -0.1) is 0 Å². The number of nitrogens with zero attached hydrogens (tertiary/aromatic N) is 1. The summed E-state index contributed by atoms with van der Waals surface area (Å²) in [4.78, 5) is 16.9. The van der Waals surface area contributed by atoms with Crippen LogP contribution in [0.1, 0.15) is 56.6 Å². The number of aliphatic hydroxyl groups excluding tert-OH is 1. The average Bonchev–Trinajstić information content (AvgIpc) is 2.90. The van der Waals surface area contributed by atoms with Crippen LogP contribution in [0.15, 0.2) is 89.3 Å². The van der Waals surface area contributed by atoms with Crippen molar-refractivity contribution in [3.05, 3.63) is 95.4 Å². The van der Waals surface area contributed by atoms with E-state index in [9.17, 15) is 18.3 Å². The van der Waals surface area contributed by atoms with Gasteiger partial charge in [0.1, 0.15) is 11.4 Å². The molecule has 4 rings (SSSR count). The van der Waals surface area contributed by atoms with Crippen molar-refractivity contribution >= 4 is 27.4 Å². The maximum absolute atomic E-state index is 13.0. The molecule has 3 aromatic rings. The molecule has 8 nitrogen and oxygen atoms in total. The van der Waals surface area contributed by atoms with Crippen LogP contribution in [0.2, 0.25) is 0 Å². The van der Waals surface area contributed by atoms with E-state index in [1.54, 1.807) is 18.2 Å². The molecule has 1 aliphatic rings. The van der Waals surface area contributed by atoms with E-state index in [-0.39, 0.29) is 10.8 Å². The van der Waals surface area contributed by atoms with Crippen LogP contribution in [-0.2, 0) is 32.4 Å². The molecule has 39 heavy (non-hydrogen) atoms. The van der Waals surface area contributed by atoms with Crippen molar-refractivity contribution in [2.45, 2.75) is 68.9 Å². The Morgan fingerprint density at radius 1 is 1.00 bits per heavy atom. The fourth-order valence-corrected chi connectivity index (χ4v) is 5.94. The molecule has 2 heterocycles. The zero-order valence-corrected chi connectivity index (χ0v) is 22.9. The second-order valence-electron chi connectivity index (χ2n) is 10.00. The van der Waals surface area contributed by atoms with Crippen molar-refractivity contribution in [3.63, 3.8) is 0 Å². The van der Waals surface area contributed by atoms with Gasteiger partial charge in [-0.05, 0) is 73.9 Å². The van der Waals surface area contributed by atoms with E-state index in [4.69, 9.17) is 10.5 Å². The Labute approximate surface area is 230 Å². The van der Waals surface area contributed by atoms with Gasteiger partial charge in [-0.1, -0.05) is 55.8 Å². The number of hydrogen-bond donors (Lipinski definition) is 3. The number of benzene rings is 2. The molecule has 0 bridgehead atoms. The van der Waals surface area contributed by atoms with Gasteiger partial charge in [0.2, 0.25) is 0 Å². The van der Waals surface area contributed by atoms with Crippen molar-refractivity contribution in [2.75, 3.05) is 10.5 Å². The molecule has 1 aromatic heterocycles. The van der Waals surface area contributed by atoms with Crippen LogP contribution in [0.25, 0.3) is 0 Å². The largest absolute Gasteiger partial charge is 0.512 e. The maximum atomic E-state index is 13.0. The summed E-state index contributed by atoms with van der Waals surface area (Å²) in [6.45, 7) is 2.05. The van der Waals surface area contributed by atoms with E-state index in [0.717, 1.165) is 18.4 Å². The average molecular weight is 550 g/mol. The number of nitrogen functional groups attached to an aromatic ring is 1. The van der Waals surface area contributed by atoms with Gasteiger partial charge in [-0.25, -0.2) is 9.78 Å². The summed E-state index contributed by atoms with van der Waals surface area (Å²) < 4.78 is 33.8. The molecule has 4 N–H and O–H groups in total. The Morgan fingerprint density at radius 3 is 2.46 bits per heavy atom. The highest BCUT2D eigenvalue weighted by molar-refractivity contribution is 7.92. The monoisotopic (exact) mass is 549 g/mol. The SMILES string of the molecule is CCC[C@]1(CCc2ccccc2)CC(O)=C(CCCc2cccc(NS(=O)(=O)c3ccc(N)cn3)c2)C(=O)O1. The number of esters is 1. The lowest BCUT2D eigenvalue weighted by molar-refractivity contribution is -0.161. The Kier molecular flexibility index (Phi) is 8.91. The van der Waals surface area contributed by atoms with E-state index in [2.05, 4.69) is 28.8 Å². The van der Waals surface area contributed by atoms with E-state index >= 15 is 0 Å². The molecule has 0 fully saturated rings. The lowest BCUT2D eigenvalue weighted by Gasteiger charge is -2.37. The molecule has 0 unspecified atom stereocenters. The summed E-state index contributed by atoms with van der Waals surface area (Å²) in [5.74, 6) is -0.331. The van der Waals surface area contributed by atoms with Gasteiger partial charge in [0.25, 0.3) is 10.0 Å². The molecule has 1 aliphatic heterocycles. The molecule has 1 atom stereocenters. The van der Waals surface area contributed by atoms with Crippen molar-refractivity contribution in [1.29, 1.82) is 0 Å². The number of aromatic nitrogens is 1. The summed E-state index contributed by atoms with van der Waals surface area (Å²) in [5.41, 5.74) is 8.09. The third-order valence-corrected chi connectivity index (χ3v) is 8.21. The van der Waals surface area contributed by atoms with E-state index in [1.807, 2.05) is 24.3 Å². The number of aryl methyl sites for hydroxylation is 2. The molecule has 2 aromatic carbocycles. The first-order valence-electron chi connectivity index (χ1n) is 13.2. The second kappa shape index (κ2) is 12.3. The minimum absolute atomic E-state index is 0.116. The number of pyridine rings is 1. The lowest BCUT2D eigenvalue weighted by atomic mass is 9.83. The van der Waals surface area contributed by atoms with Gasteiger partial charge in [-0.2, -0.15) is 8.42 Å². The normalized spacial score (nSPS) is 17.6. The highest BCUT2D eigenvalue weighted by Gasteiger charge is 2.40. The van der Waals surface area contributed by atoms with E-state index in [0.29, 0.717) is 55.5 Å². The van der Waals surface area contributed by atoms with Crippen molar-refractivity contribution in [1.82, 2.24) is 4.98 Å². The Balaban J connectivity index is 1.37. The zero-order chi connectivity index (χ0) is 27.9. The number of anilines is 2. The predicted octanol–water partition coefficient (Wildman–Crippen LogP) is 5.72. The summed E-state index contributed by atoms with van der Waals surface area (Å²) >= 11 is 0. The molecular weight excluding hydrogens is 514 g/mol. The van der Waals surface area contributed by atoms with Crippen LogP contribution in [0.3, 0.4) is 0 Å². The van der Waals surface area contributed by atoms with Gasteiger partial charge in [0, 0.05) is 12.1 Å². The van der Waals surface area contributed by atoms with Gasteiger partial charge in [0.15, 0.2) is 5.03 Å². The van der Waals surface area contributed by atoms with Crippen LogP contribution in [0.5, 0.6) is 0 Å². The van der Waals surface area contributed by atoms with Crippen molar-refractivity contribution in [3.8, 4) is 0 Å². The maximum Gasteiger partial charge on any atom is 0.337 e. The molecule has 206 valence electrons. The summed E-state index contributed by atoms with van der Waals surface area (Å²) in [6, 6.07) is 20.0. The second-order valence-corrected chi connectivity index (χ2v) is 11.6. The zero-order valence-electron chi connectivity index (χ0n) is 22.1. The third-order valence-electron chi connectivity index (χ3n) is 6.92. The van der Waals surface area contributed by atoms with Gasteiger partial charge in [0.05, 0.1) is 17.5 Å². The minimum atomic E-state index is -3.86. The van der Waals surface area contributed by atoms with Gasteiger partial charge in [-0.3, -0.25) is 4.72 Å². The number of carbonyl (C=O) groups excluding carboxylic acids is 1. The van der Waals surface area contributed by atoms with Gasteiger partial charge < -0.3 is 15.6 Å². The van der Waals surface area contributed by atoms with Crippen LogP contribution in [0.4, 0.5) is 11.4 Å². The minimum Gasteiger partial charge on any atom is -0.512 e. The number of ether oxygens (including phenoxy) is 1. The Hall–Kier alpha value is -3.85. The van der Waals surface area contributed by atoms with Crippen LogP contribution >= 0.6 is 0 Å². The molecule has 0 amide bonds. The standard InChI is InChI=1S/C30H35N3O5S/c1-2-17-30(18-16-22-8-4-3-5-9-22)20-27(34)26(29(35)38-30)13-7-11-23-10-6-12-25(19-23)33-39(36,37)28-15-14-24(31)21-32-28/h3-6,8-10,12,14-15,19,21,33-34H,2,7,11,13,16-18,20,31H2,1H3/t30-/m0/s1. The molecule has 0 saturated carbocycles. The fourth-order valence-electron chi connectivity index (χ4n) is 4.96. The number of aliphatic hydroxyl groups is 1. The first-order chi connectivity index (χ1) is 18.7. The fraction of sp³-hybridized carbons (Fsp3) is 0.333. The molecule has 0 aliphatic carbocycles. The number of nitrogens with one attached hydrogen (secondary N) is 1. The molecule has 9 heteroatoms. The van der Waals surface area contributed by atoms with Gasteiger partial charge >= 0.3 is 5.97 Å². The summed E-state index contributed by atoms with van der Waals surface area (Å²) in [5, 5.41) is 10.8. The van der Waals surface area contributed by atoms with Crippen molar-refractivity contribution in [2.24, 2.45) is 0 Å². The van der Waals surface area contributed by atoms with E-state index < -0.39 is 21.6 Å². The summed E-state index contributed by atoms with van der Waals surface area (Å²) in [7, 11) is -3.86. The number of hydrogen-bond acceptors (Lipinski definition) is 7. The number of cyclic esters (lactones) is 1. The smallest absolute Gasteiger partial charge is 0.337 e. The first kappa shape index (κ1) is 28.2. The number of nitrogens with two attached hydrogens (primary N) is 1. The van der Waals surface area contributed by atoms with Crippen LogP contribution in [0, 0.1) is 0 Å². The first-order valence-corrected chi connectivity index (χ1v) is 14.7. The number of carbonyl (C=O) groups is 1. The Morgan fingerprint density at radius 2 is 1.77 bits per heavy atom. The predicted molar refractivity (Wildman–Crippen MR) is 152 cm³/mol. The molecule has 0 saturated heterocycles. The molecular formula is C30H35N3O5S. The quantitative estimate of drug-likeness (QED) is 0.246. The highest BCUT2D eigenvalue weighted by atomic mass is 32.2. The topological polar surface area (TPSA) is 132 Å². The number of rotatable bonds is 12. The number of sulfonamides is 1. The Bertz CT molecular complexity index is 1420. The molecule has 0 spiro atoms. The molecule has 0 radical (unpaired) electrons.